The minimum absolute atomic E-state index is 0.0714. The normalized spacial score (nSPS) is 21.9. The lowest BCUT2D eigenvalue weighted by Crippen LogP contribution is -2.50. The highest BCUT2D eigenvalue weighted by Crippen LogP contribution is 2.45. The van der Waals surface area contributed by atoms with Crippen LogP contribution in [-0.4, -0.2) is 45.1 Å². The summed E-state index contributed by atoms with van der Waals surface area (Å²) in [6.07, 6.45) is -1.22. The van der Waals surface area contributed by atoms with E-state index >= 15 is 0 Å². The van der Waals surface area contributed by atoms with E-state index in [0.29, 0.717) is 12.1 Å². The molecule has 0 aliphatic carbocycles. The van der Waals surface area contributed by atoms with Crippen LogP contribution < -0.4 is 10.7 Å². The number of halogens is 3. The molecule has 2 amide bonds. The molecule has 0 saturated heterocycles. The summed E-state index contributed by atoms with van der Waals surface area (Å²) < 4.78 is 42.1. The average molecular weight is 437 g/mol. The molecule has 0 radical (unpaired) electrons. The quantitative estimate of drug-likeness (QED) is 0.667. The van der Waals surface area contributed by atoms with E-state index in [2.05, 4.69) is 5.32 Å². The molecule has 1 aromatic heterocycles. The molecule has 8 nitrogen and oxygen atoms in total. The first kappa shape index (κ1) is 20.9. The fourth-order valence-corrected chi connectivity index (χ4v) is 4.47. The summed E-state index contributed by atoms with van der Waals surface area (Å²) in [5.41, 5.74) is -3.82. The number of hydrogen-bond acceptors (Lipinski definition) is 5. The second kappa shape index (κ2) is 6.84. The van der Waals surface area contributed by atoms with Gasteiger partial charge in [0.2, 0.25) is 5.43 Å². The highest BCUT2D eigenvalue weighted by molar-refractivity contribution is 6.00. The molecule has 2 unspecified atom stereocenters. The fraction of sp³-hybridized carbons (Fsp3) is 0.350. The van der Waals surface area contributed by atoms with E-state index in [0.717, 1.165) is 0 Å². The monoisotopic (exact) mass is 437 g/mol. The van der Waals surface area contributed by atoms with Gasteiger partial charge in [-0.1, -0.05) is 0 Å². The van der Waals surface area contributed by atoms with Crippen molar-refractivity contribution in [2.75, 3.05) is 13.6 Å². The van der Waals surface area contributed by atoms with Crippen LogP contribution in [0.25, 0.3) is 0 Å². The average Bonchev–Trinajstić information content (AvgIpc) is 2.91. The number of benzene rings is 1. The third kappa shape index (κ3) is 2.99. The third-order valence-corrected chi connectivity index (χ3v) is 5.76. The zero-order valence-corrected chi connectivity index (χ0v) is 16.5. The van der Waals surface area contributed by atoms with Crippen LogP contribution in [0.3, 0.4) is 0 Å². The Morgan fingerprint density at radius 2 is 1.87 bits per heavy atom. The Labute approximate surface area is 173 Å². The van der Waals surface area contributed by atoms with Gasteiger partial charge >= 0.3 is 0 Å². The van der Waals surface area contributed by atoms with Gasteiger partial charge in [-0.15, -0.1) is 0 Å². The van der Waals surface area contributed by atoms with Crippen LogP contribution in [0.4, 0.5) is 13.2 Å². The van der Waals surface area contributed by atoms with Crippen molar-refractivity contribution in [2.45, 2.75) is 31.5 Å². The molecule has 0 saturated carbocycles. The molecule has 0 fully saturated rings. The van der Waals surface area contributed by atoms with E-state index in [-0.39, 0.29) is 24.4 Å². The van der Waals surface area contributed by atoms with Crippen LogP contribution >= 0.6 is 0 Å². The molecule has 2 atom stereocenters. The van der Waals surface area contributed by atoms with E-state index in [4.69, 9.17) is 0 Å². The predicted molar refractivity (Wildman–Crippen MR) is 100 cm³/mol. The van der Waals surface area contributed by atoms with Gasteiger partial charge in [0.15, 0.2) is 11.4 Å². The number of carbonyl (C=O) groups excluding carboxylic acids is 2. The van der Waals surface area contributed by atoms with Gasteiger partial charge in [-0.2, -0.15) is 0 Å². The number of carbonyl (C=O) groups is 2. The topological polar surface area (TPSA) is 112 Å². The van der Waals surface area contributed by atoms with Crippen LogP contribution in [0.5, 0.6) is 5.75 Å². The van der Waals surface area contributed by atoms with Crippen molar-refractivity contribution in [3.8, 4) is 5.75 Å². The van der Waals surface area contributed by atoms with Crippen LogP contribution in [0.1, 0.15) is 51.6 Å². The van der Waals surface area contributed by atoms with Gasteiger partial charge in [-0.05, 0) is 6.92 Å². The number of rotatable bonds is 3. The summed E-state index contributed by atoms with van der Waals surface area (Å²) in [6, 6.07) is 0.891. The van der Waals surface area contributed by atoms with E-state index < -0.39 is 69.8 Å². The van der Waals surface area contributed by atoms with Gasteiger partial charge < -0.3 is 25.0 Å². The highest BCUT2D eigenvalue weighted by atomic mass is 19.1. The lowest BCUT2D eigenvalue weighted by molar-refractivity contribution is 0.0607. The number of amides is 2. The smallest absolute Gasteiger partial charge is 0.274 e. The maximum atomic E-state index is 13.9. The number of aliphatic hydroxyl groups is 1. The van der Waals surface area contributed by atoms with Crippen molar-refractivity contribution in [3.05, 3.63) is 62.3 Å². The maximum absolute atomic E-state index is 13.9. The number of likely N-dealkylation sites (N-methyl/N-ethyl adjacent to an activating group) is 1. The first-order valence-electron chi connectivity index (χ1n) is 9.33. The molecule has 2 aliphatic rings. The number of pyridine rings is 1. The first-order valence-corrected chi connectivity index (χ1v) is 9.33. The Bertz CT molecular complexity index is 1190. The van der Waals surface area contributed by atoms with Gasteiger partial charge in [0.05, 0.1) is 17.3 Å². The van der Waals surface area contributed by atoms with E-state index in [1.54, 1.807) is 6.92 Å². The minimum Gasteiger partial charge on any atom is -0.503 e. The van der Waals surface area contributed by atoms with Crippen LogP contribution in [-0.2, 0) is 12.1 Å². The number of aliphatic hydroxyl groups excluding tert-OH is 1. The van der Waals surface area contributed by atoms with Crippen molar-refractivity contribution >= 4 is 11.8 Å². The molecule has 164 valence electrons. The molecular formula is C20H18F3N3O5. The first-order chi connectivity index (χ1) is 14.5. The summed E-state index contributed by atoms with van der Waals surface area (Å²) in [5.74, 6) is -6.30. The van der Waals surface area contributed by atoms with Crippen LogP contribution in [0.15, 0.2) is 16.9 Å². The highest BCUT2D eigenvalue weighted by Gasteiger charge is 2.50. The second-order valence-electron chi connectivity index (χ2n) is 8.03. The summed E-state index contributed by atoms with van der Waals surface area (Å²) in [6.45, 7) is 1.15. The van der Waals surface area contributed by atoms with Crippen LogP contribution in [0, 0.1) is 17.5 Å². The molecule has 3 N–H and O–H groups in total. The molecule has 2 aliphatic heterocycles. The lowest BCUT2D eigenvalue weighted by Gasteiger charge is -2.39. The standard InChI is InChI=1S/C20H18F3N3O5/c1-20-5-12(27)14-13(16(28)17(29)15(26(14)20)19(31)25(2)7-20)18(30)24-6-9-10(22)3-8(21)4-11(9)23/h3-4,12,27,29H,5-7H2,1-2H3,(H,24,30). The number of aromatic nitrogens is 1. The van der Waals surface area contributed by atoms with Crippen molar-refractivity contribution in [1.29, 1.82) is 0 Å². The Balaban J connectivity index is 1.80. The van der Waals surface area contributed by atoms with Gasteiger partial charge in [0.1, 0.15) is 23.0 Å². The van der Waals surface area contributed by atoms with E-state index in [1.165, 1.54) is 16.5 Å². The predicted octanol–water partition coefficient (Wildman–Crippen LogP) is 1.14. The number of nitrogens with zero attached hydrogens (tertiary/aromatic N) is 2. The molecule has 0 spiro atoms. The number of aromatic hydroxyl groups is 1. The molecule has 1 aromatic carbocycles. The Hall–Kier alpha value is -3.34. The SMILES string of the molecule is CN1CC2(C)CC(O)c3c(C(=O)NCc4c(F)cc(F)cc4F)c(=O)c(O)c(n32)C1=O. The minimum atomic E-state index is -1.30. The number of nitrogens with one attached hydrogen (secondary N) is 1. The second-order valence-corrected chi connectivity index (χ2v) is 8.03. The molecule has 4 rings (SSSR count). The Morgan fingerprint density at radius 3 is 2.48 bits per heavy atom. The van der Waals surface area contributed by atoms with Crippen molar-refractivity contribution in [3.63, 3.8) is 0 Å². The molecule has 2 aromatic rings. The molecule has 0 bridgehead atoms. The molecular weight excluding hydrogens is 419 g/mol. The van der Waals surface area contributed by atoms with Gasteiger partial charge in [-0.3, -0.25) is 14.4 Å². The van der Waals surface area contributed by atoms with Crippen LogP contribution in [0.2, 0.25) is 0 Å². The largest absolute Gasteiger partial charge is 0.503 e. The zero-order valence-electron chi connectivity index (χ0n) is 16.5. The third-order valence-electron chi connectivity index (χ3n) is 5.76. The fourth-order valence-electron chi connectivity index (χ4n) is 4.47. The van der Waals surface area contributed by atoms with Crippen molar-refractivity contribution in [1.82, 2.24) is 14.8 Å². The van der Waals surface area contributed by atoms with Crippen molar-refractivity contribution < 1.29 is 33.0 Å². The van der Waals surface area contributed by atoms with E-state index in [1.807, 2.05) is 0 Å². The summed E-state index contributed by atoms with van der Waals surface area (Å²) in [4.78, 5) is 39.4. The summed E-state index contributed by atoms with van der Waals surface area (Å²) in [7, 11) is 1.48. The Morgan fingerprint density at radius 1 is 1.26 bits per heavy atom. The van der Waals surface area contributed by atoms with Gasteiger partial charge in [0, 0.05) is 44.3 Å². The molecule has 11 heteroatoms. The lowest BCUT2D eigenvalue weighted by atomic mass is 9.95. The summed E-state index contributed by atoms with van der Waals surface area (Å²) in [5, 5.41) is 23.2. The zero-order chi connectivity index (χ0) is 22.8. The maximum Gasteiger partial charge on any atom is 0.274 e. The van der Waals surface area contributed by atoms with Gasteiger partial charge in [0.25, 0.3) is 11.8 Å². The van der Waals surface area contributed by atoms with E-state index in [9.17, 15) is 37.8 Å². The molecule has 3 heterocycles. The summed E-state index contributed by atoms with van der Waals surface area (Å²) >= 11 is 0. The van der Waals surface area contributed by atoms with Gasteiger partial charge in [-0.25, -0.2) is 13.2 Å². The van der Waals surface area contributed by atoms with Crippen molar-refractivity contribution in [2.24, 2.45) is 0 Å². The molecule has 31 heavy (non-hydrogen) atoms. The number of hydrogen-bond donors (Lipinski definition) is 3. The Kier molecular flexibility index (Phi) is 4.61.